The van der Waals surface area contributed by atoms with Crippen molar-refractivity contribution in [1.29, 1.82) is 0 Å². The summed E-state index contributed by atoms with van der Waals surface area (Å²) in [6.45, 7) is 2.60. The number of hydrogen-bond acceptors (Lipinski definition) is 15. The second kappa shape index (κ2) is 35.5. The number of carbonyl (C=O) groups excluding carboxylic acids is 3. The molecule has 2 bridgehead atoms. The van der Waals surface area contributed by atoms with E-state index in [1.807, 2.05) is 31.2 Å². The minimum Gasteiger partial charge on any atom is -0.462 e. The molecule has 2 aliphatic rings. The maximum absolute atomic E-state index is 13.7. The summed E-state index contributed by atoms with van der Waals surface area (Å²) in [6.07, 6.45) is 20.2. The molecule has 1 fully saturated rings. The van der Waals surface area contributed by atoms with Crippen molar-refractivity contribution >= 4 is 25.5 Å². The highest BCUT2D eigenvalue weighted by Gasteiger charge is 2.49. The maximum atomic E-state index is 13.7. The number of unbranched alkanes of at least 4 members (excludes halogenated alkanes) is 2. The smallest absolute Gasteiger partial charge is 0.462 e. The van der Waals surface area contributed by atoms with Crippen LogP contribution in [0.25, 0.3) is 0 Å². The lowest BCUT2D eigenvalue weighted by atomic mass is 9.83. The molecule has 1 saturated carbocycles. The van der Waals surface area contributed by atoms with Gasteiger partial charge in [0.1, 0.15) is 36.8 Å². The molecule has 0 aromatic heterocycles. The quantitative estimate of drug-likeness (QED) is 0.0252. The van der Waals surface area contributed by atoms with E-state index in [0.29, 0.717) is 32.1 Å². The van der Waals surface area contributed by atoms with E-state index in [-0.39, 0.29) is 25.7 Å². The third kappa shape index (κ3) is 25.3. The van der Waals surface area contributed by atoms with Gasteiger partial charge in [0.25, 0.3) is 0 Å². The van der Waals surface area contributed by atoms with Gasteiger partial charge in [0, 0.05) is 25.2 Å². The van der Waals surface area contributed by atoms with Gasteiger partial charge >= 0.3 is 19.8 Å². The third-order valence-electron chi connectivity index (χ3n) is 11.3. The van der Waals surface area contributed by atoms with E-state index in [4.69, 9.17) is 18.5 Å². The number of esters is 2. The van der Waals surface area contributed by atoms with Crippen LogP contribution in [0.5, 0.6) is 0 Å². The normalized spacial score (nSPS) is 31.1. The summed E-state index contributed by atoms with van der Waals surface area (Å²) in [4.78, 5) is 50.1. The molecule has 1 aliphatic carbocycles. The Morgan fingerprint density at radius 3 is 1.99 bits per heavy atom. The Kier molecular flexibility index (Phi) is 31.5. The number of aliphatic hydroxyl groups is 7. The van der Waals surface area contributed by atoms with Gasteiger partial charge in [-0.3, -0.25) is 23.4 Å². The van der Waals surface area contributed by atoms with E-state index < -0.39 is 112 Å². The molecule has 384 valence electrons. The lowest BCUT2D eigenvalue weighted by molar-refractivity contribution is -0.166. The number of rotatable bonds is 22. The molecule has 1 heterocycles. The van der Waals surface area contributed by atoms with Crippen molar-refractivity contribution in [1.82, 2.24) is 0 Å². The summed E-state index contributed by atoms with van der Waals surface area (Å²) in [6, 6.07) is 0. The number of hydrogen-bond donors (Lipinski definition) is 8. The molecule has 12 atom stereocenters. The number of ketones is 1. The Hall–Kier alpha value is -3.64. The second-order valence-corrected chi connectivity index (χ2v) is 18.4. The van der Waals surface area contributed by atoms with Gasteiger partial charge in [-0.1, -0.05) is 130 Å². The van der Waals surface area contributed by atoms with Crippen molar-refractivity contribution in [3.63, 3.8) is 0 Å². The zero-order valence-electron chi connectivity index (χ0n) is 39.8. The van der Waals surface area contributed by atoms with Gasteiger partial charge in [-0.25, -0.2) is 4.57 Å². The molecule has 2 rings (SSSR count). The van der Waals surface area contributed by atoms with E-state index in [9.17, 15) is 59.6 Å². The molecule has 0 aromatic carbocycles. The summed E-state index contributed by atoms with van der Waals surface area (Å²) < 4.78 is 34.5. The first-order valence-corrected chi connectivity index (χ1v) is 25.6. The minimum atomic E-state index is -5.48. The summed E-state index contributed by atoms with van der Waals surface area (Å²) in [5, 5.41) is 78.3. The summed E-state index contributed by atoms with van der Waals surface area (Å²) in [7, 11) is -5.48. The average molecular weight is 979 g/mol. The standard InChI is InChI=1S/C51H79O16P/c1-3-5-7-8-9-10-11-12-13-14-15-16-17-18-19-20-21-22-27-31-44(55)64-36-39-37-65-68(62,63)67-51-49(60)47(58)41(34-33-38(52)29-25-6-4-2)43(54)35-42(53)40(46(57)48(59)50(51)61)30-26-23-24-28-32-45(56)66-39/h5,7,9-10,12-13,15-16,18-19,21-23,26,33-34,38-42,46-53,57-61H,3-4,6,8,11,14,17,20,24-25,27-32,35-37H2,1-2H3,(H,62,63)/b7-5-,10-9-,13-12-,16-15-,19-18-,22-21-,26-23-,34-33+/t38-,39+,40-,41-,42-,46+,47+,48-,49+,50+,51+/m0/s1. The topological polar surface area (TPSA) is 267 Å². The van der Waals surface area contributed by atoms with Crippen LogP contribution in [0.4, 0.5) is 0 Å². The van der Waals surface area contributed by atoms with E-state index in [1.54, 1.807) is 6.08 Å². The first kappa shape index (κ1) is 60.5. The summed E-state index contributed by atoms with van der Waals surface area (Å²) in [5.41, 5.74) is 0. The first-order valence-electron chi connectivity index (χ1n) is 24.1. The number of phosphoric ester groups is 1. The highest BCUT2D eigenvalue weighted by molar-refractivity contribution is 7.47. The number of aliphatic hydroxyl groups excluding tert-OH is 7. The van der Waals surface area contributed by atoms with E-state index >= 15 is 0 Å². The van der Waals surface area contributed by atoms with Gasteiger partial charge in [0.15, 0.2) is 6.10 Å². The van der Waals surface area contributed by atoms with Crippen LogP contribution in [0.1, 0.15) is 123 Å². The number of cyclic esters (lactones) is 1. The fourth-order valence-electron chi connectivity index (χ4n) is 7.32. The Bertz CT molecular complexity index is 1740. The lowest BCUT2D eigenvalue weighted by Crippen LogP contribution is -2.55. The van der Waals surface area contributed by atoms with Crippen LogP contribution >= 0.6 is 7.82 Å². The van der Waals surface area contributed by atoms with Gasteiger partial charge in [-0.15, -0.1) is 0 Å². The van der Waals surface area contributed by atoms with Crippen LogP contribution in [-0.2, 0) is 37.5 Å². The number of ether oxygens (including phenoxy) is 2. The van der Waals surface area contributed by atoms with Crippen LogP contribution in [0.3, 0.4) is 0 Å². The SMILES string of the molecule is CC/C=C\C/C=C\C/C=C\C/C=C\C/C=C\C/C=C\CCC(=O)OC[C@@H]1COP(=O)(O)O[C@H]2[C@H](O)[C@@H](O)[C@H](O)[C@@H](C/C=C\CCCC(=O)O1)[C@@H](O)CC(=O)[C@H](/C=C/[C@@H](O)CCCCC)[C@@H](O)[C@H]2O. The Balaban J connectivity index is 2.12. The van der Waals surface area contributed by atoms with Crippen molar-refractivity contribution in [2.24, 2.45) is 11.8 Å². The molecule has 17 heteroatoms. The van der Waals surface area contributed by atoms with Crippen molar-refractivity contribution < 1.29 is 78.1 Å². The number of fused-ring (bicyclic) bond motifs is 4. The van der Waals surface area contributed by atoms with Gasteiger partial charge in [-0.2, -0.15) is 0 Å². The summed E-state index contributed by atoms with van der Waals surface area (Å²) >= 11 is 0. The fraction of sp³-hybridized carbons (Fsp3) is 0.627. The molecular weight excluding hydrogens is 900 g/mol. The Morgan fingerprint density at radius 1 is 0.794 bits per heavy atom. The fourth-order valence-corrected chi connectivity index (χ4v) is 8.29. The molecular formula is C51H79O16P. The molecule has 0 spiro atoms. The van der Waals surface area contributed by atoms with Crippen molar-refractivity contribution in [2.75, 3.05) is 13.2 Å². The van der Waals surface area contributed by atoms with Crippen molar-refractivity contribution in [3.05, 3.63) is 97.2 Å². The van der Waals surface area contributed by atoms with Gasteiger partial charge in [0.05, 0.1) is 36.9 Å². The molecule has 16 nitrogen and oxygen atoms in total. The van der Waals surface area contributed by atoms with Crippen molar-refractivity contribution in [2.45, 2.75) is 178 Å². The maximum Gasteiger partial charge on any atom is 0.472 e. The minimum absolute atomic E-state index is 0.0278. The third-order valence-corrected chi connectivity index (χ3v) is 12.3. The average Bonchev–Trinajstić information content (AvgIpc) is 3.31. The number of phosphoric acid groups is 1. The monoisotopic (exact) mass is 979 g/mol. The van der Waals surface area contributed by atoms with Gasteiger partial charge in [-0.05, 0) is 70.6 Å². The molecule has 8 N–H and O–H groups in total. The van der Waals surface area contributed by atoms with Crippen molar-refractivity contribution in [3.8, 4) is 0 Å². The molecule has 1 aliphatic heterocycles. The van der Waals surface area contributed by atoms with Gasteiger partial charge in [0.2, 0.25) is 0 Å². The van der Waals surface area contributed by atoms with Crippen LogP contribution in [0, 0.1) is 11.8 Å². The largest absolute Gasteiger partial charge is 0.472 e. The molecule has 0 aromatic rings. The van der Waals surface area contributed by atoms with Crippen LogP contribution < -0.4 is 0 Å². The first-order chi connectivity index (χ1) is 32.6. The van der Waals surface area contributed by atoms with E-state index in [1.165, 1.54) is 12.2 Å². The van der Waals surface area contributed by atoms with Crippen LogP contribution in [-0.4, -0.2) is 127 Å². The molecule has 1 unspecified atom stereocenters. The van der Waals surface area contributed by atoms with Crippen LogP contribution in [0.15, 0.2) is 97.2 Å². The molecule has 0 saturated heterocycles. The predicted octanol–water partition coefficient (Wildman–Crippen LogP) is 6.42. The summed E-state index contributed by atoms with van der Waals surface area (Å²) in [5.74, 6) is -5.27. The highest BCUT2D eigenvalue weighted by Crippen LogP contribution is 2.47. The Morgan fingerprint density at radius 2 is 1.38 bits per heavy atom. The lowest BCUT2D eigenvalue weighted by Gasteiger charge is -2.36. The molecule has 68 heavy (non-hydrogen) atoms. The molecule has 0 amide bonds. The van der Waals surface area contributed by atoms with E-state index in [2.05, 4.69) is 55.5 Å². The van der Waals surface area contributed by atoms with E-state index in [0.717, 1.165) is 51.0 Å². The number of carbonyl (C=O) groups is 3. The predicted molar refractivity (Wildman–Crippen MR) is 258 cm³/mol. The van der Waals surface area contributed by atoms with Gasteiger partial charge < -0.3 is 50.1 Å². The number of Topliss-reactive ketones (excluding diaryl/α,β-unsaturated/α-hetero) is 1. The van der Waals surface area contributed by atoms with Crippen LogP contribution in [0.2, 0.25) is 0 Å². The zero-order valence-corrected chi connectivity index (χ0v) is 40.7. The molecule has 0 radical (unpaired) electrons. The highest BCUT2D eigenvalue weighted by atomic mass is 31.2. The number of allylic oxidation sites excluding steroid dienone is 14. The zero-order chi connectivity index (χ0) is 50.2. The Labute approximate surface area is 402 Å². The second-order valence-electron chi connectivity index (χ2n) is 17.0.